The average molecular weight is 269 g/mol. The molecule has 1 atom stereocenters. The van der Waals surface area contributed by atoms with Crippen LogP contribution in [0.2, 0.25) is 0 Å². The molecule has 0 aromatic carbocycles. The van der Waals surface area contributed by atoms with E-state index in [4.69, 9.17) is 5.11 Å². The lowest BCUT2D eigenvalue weighted by molar-refractivity contribution is -0.138. The van der Waals surface area contributed by atoms with Crippen molar-refractivity contribution in [3.05, 3.63) is 0 Å². The van der Waals surface area contributed by atoms with E-state index in [0.717, 1.165) is 19.5 Å². The lowest BCUT2D eigenvalue weighted by Crippen LogP contribution is -2.22. The van der Waals surface area contributed by atoms with Gasteiger partial charge in [0.15, 0.2) is 0 Å². The van der Waals surface area contributed by atoms with Gasteiger partial charge in [-0.3, -0.25) is 4.79 Å². The molecule has 1 saturated heterocycles. The highest BCUT2D eigenvalue weighted by atomic mass is 16.4. The summed E-state index contributed by atoms with van der Waals surface area (Å²) < 4.78 is 0. The molecule has 0 radical (unpaired) electrons. The van der Waals surface area contributed by atoms with Gasteiger partial charge in [0.25, 0.3) is 0 Å². The van der Waals surface area contributed by atoms with Crippen LogP contribution in [0.4, 0.5) is 0 Å². The van der Waals surface area contributed by atoms with Crippen molar-refractivity contribution in [3.8, 4) is 0 Å². The summed E-state index contributed by atoms with van der Waals surface area (Å²) in [6.07, 6.45) is 12.3. The quantitative estimate of drug-likeness (QED) is 0.578. The topological polar surface area (TPSA) is 40.5 Å². The number of likely N-dealkylation sites (tertiary alicyclic amines) is 1. The van der Waals surface area contributed by atoms with Gasteiger partial charge >= 0.3 is 5.97 Å². The van der Waals surface area contributed by atoms with Gasteiger partial charge in [0.2, 0.25) is 0 Å². The Bertz CT molecular complexity index is 243. The highest BCUT2D eigenvalue weighted by Gasteiger charge is 2.23. The third-order valence-electron chi connectivity index (χ3n) is 4.16. The predicted octanol–water partition coefficient (Wildman–Crippen LogP) is 3.92. The van der Waals surface area contributed by atoms with Gasteiger partial charge in [-0.1, -0.05) is 51.9 Å². The summed E-state index contributed by atoms with van der Waals surface area (Å²) in [4.78, 5) is 13.1. The molecule has 1 rings (SSSR count). The summed E-state index contributed by atoms with van der Waals surface area (Å²) in [7, 11) is 0. The molecule has 0 amide bonds. The Morgan fingerprint density at radius 1 is 1.11 bits per heavy atom. The van der Waals surface area contributed by atoms with Crippen LogP contribution in [-0.4, -0.2) is 35.6 Å². The summed E-state index contributed by atoms with van der Waals surface area (Å²) in [5.41, 5.74) is 0. The molecular formula is C16H31NO2. The summed E-state index contributed by atoms with van der Waals surface area (Å²) in [6.45, 7) is 5.54. The molecule has 1 N–H and O–H groups in total. The van der Waals surface area contributed by atoms with Crippen molar-refractivity contribution in [1.29, 1.82) is 0 Å². The minimum Gasteiger partial charge on any atom is -0.481 e. The molecule has 3 heteroatoms. The molecule has 1 fully saturated rings. The highest BCUT2D eigenvalue weighted by Crippen LogP contribution is 2.20. The zero-order valence-corrected chi connectivity index (χ0v) is 12.6. The number of nitrogens with zero attached hydrogens (tertiary/aromatic N) is 1. The van der Waals surface area contributed by atoms with E-state index in [2.05, 4.69) is 11.8 Å². The first-order valence-corrected chi connectivity index (χ1v) is 8.16. The molecule has 19 heavy (non-hydrogen) atoms. The summed E-state index contributed by atoms with van der Waals surface area (Å²) >= 11 is 0. The Kier molecular flexibility index (Phi) is 8.89. The fourth-order valence-corrected chi connectivity index (χ4v) is 3.00. The zero-order valence-electron chi connectivity index (χ0n) is 12.6. The van der Waals surface area contributed by atoms with E-state index in [-0.39, 0.29) is 0 Å². The van der Waals surface area contributed by atoms with Crippen molar-refractivity contribution in [2.45, 2.75) is 71.1 Å². The number of carboxylic acid groups (broad SMARTS) is 1. The van der Waals surface area contributed by atoms with Gasteiger partial charge in [-0.25, -0.2) is 0 Å². The molecule has 0 aromatic heterocycles. The van der Waals surface area contributed by atoms with E-state index in [9.17, 15) is 4.79 Å². The fraction of sp³-hybridized carbons (Fsp3) is 0.938. The van der Waals surface area contributed by atoms with Crippen LogP contribution in [-0.2, 0) is 4.79 Å². The normalized spacial score (nSPS) is 19.9. The molecule has 0 aromatic rings. The minimum absolute atomic E-state index is 0.355. The van der Waals surface area contributed by atoms with Gasteiger partial charge in [0.1, 0.15) is 0 Å². The Morgan fingerprint density at radius 2 is 1.74 bits per heavy atom. The second-order valence-corrected chi connectivity index (χ2v) is 6.03. The van der Waals surface area contributed by atoms with Crippen molar-refractivity contribution in [2.24, 2.45) is 5.92 Å². The van der Waals surface area contributed by atoms with Gasteiger partial charge in [-0.2, -0.15) is 0 Å². The van der Waals surface area contributed by atoms with Crippen LogP contribution in [0, 0.1) is 5.92 Å². The third-order valence-corrected chi connectivity index (χ3v) is 4.16. The lowest BCUT2D eigenvalue weighted by Gasteiger charge is -2.15. The lowest BCUT2D eigenvalue weighted by atomic mass is 10.1. The van der Waals surface area contributed by atoms with Gasteiger partial charge < -0.3 is 10.0 Å². The van der Waals surface area contributed by atoms with Crippen LogP contribution in [0.5, 0.6) is 0 Å². The maximum atomic E-state index is 10.7. The van der Waals surface area contributed by atoms with E-state index in [1.165, 1.54) is 57.9 Å². The van der Waals surface area contributed by atoms with Gasteiger partial charge in [0.05, 0.1) is 0 Å². The van der Waals surface area contributed by atoms with Crippen LogP contribution >= 0.6 is 0 Å². The Balaban J connectivity index is 1.89. The van der Waals surface area contributed by atoms with Crippen molar-refractivity contribution >= 4 is 5.97 Å². The van der Waals surface area contributed by atoms with Crippen LogP contribution < -0.4 is 0 Å². The predicted molar refractivity (Wildman–Crippen MR) is 79.4 cm³/mol. The molecule has 0 bridgehead atoms. The first-order valence-electron chi connectivity index (χ1n) is 8.16. The molecule has 0 aliphatic carbocycles. The van der Waals surface area contributed by atoms with Crippen molar-refractivity contribution in [1.82, 2.24) is 4.90 Å². The maximum Gasteiger partial charge on any atom is 0.303 e. The zero-order chi connectivity index (χ0) is 13.9. The number of carboxylic acids is 1. The first kappa shape index (κ1) is 16.5. The van der Waals surface area contributed by atoms with Crippen LogP contribution in [0.1, 0.15) is 71.1 Å². The van der Waals surface area contributed by atoms with Gasteiger partial charge in [-0.05, 0) is 31.8 Å². The van der Waals surface area contributed by atoms with Crippen LogP contribution in [0.3, 0.4) is 0 Å². The van der Waals surface area contributed by atoms with E-state index >= 15 is 0 Å². The molecule has 0 spiro atoms. The second kappa shape index (κ2) is 10.2. The number of aliphatic carboxylic acids is 1. The van der Waals surface area contributed by atoms with Gasteiger partial charge in [0, 0.05) is 13.0 Å². The Labute approximate surface area is 118 Å². The van der Waals surface area contributed by atoms with Crippen molar-refractivity contribution in [2.75, 3.05) is 19.6 Å². The van der Waals surface area contributed by atoms with Crippen molar-refractivity contribution in [3.63, 3.8) is 0 Å². The monoisotopic (exact) mass is 269 g/mol. The first-order chi connectivity index (χ1) is 9.22. The number of rotatable bonds is 11. The smallest absolute Gasteiger partial charge is 0.303 e. The largest absolute Gasteiger partial charge is 0.481 e. The van der Waals surface area contributed by atoms with E-state index in [0.29, 0.717) is 12.3 Å². The standard InChI is InChI=1S/C16H31NO2/c1-2-3-4-5-6-7-8-9-11-17-12-10-15(14-17)13-16(18)19/h15H,2-14H2,1H3,(H,18,19). The molecular weight excluding hydrogens is 238 g/mol. The number of carbonyl (C=O) groups is 1. The maximum absolute atomic E-state index is 10.7. The molecule has 1 aliphatic heterocycles. The molecule has 1 unspecified atom stereocenters. The fourth-order valence-electron chi connectivity index (χ4n) is 3.00. The minimum atomic E-state index is -0.640. The SMILES string of the molecule is CCCCCCCCCCN1CCC(CC(=O)O)C1. The number of unbranched alkanes of at least 4 members (excludes halogenated alkanes) is 7. The summed E-state index contributed by atoms with van der Waals surface area (Å²) in [5.74, 6) is -0.245. The van der Waals surface area contributed by atoms with Crippen LogP contribution in [0.15, 0.2) is 0 Å². The van der Waals surface area contributed by atoms with E-state index in [1.54, 1.807) is 0 Å². The summed E-state index contributed by atoms with van der Waals surface area (Å²) in [6, 6.07) is 0. The molecule has 0 saturated carbocycles. The average Bonchev–Trinajstić information content (AvgIpc) is 2.79. The second-order valence-electron chi connectivity index (χ2n) is 6.03. The molecule has 1 heterocycles. The molecule has 112 valence electrons. The van der Waals surface area contributed by atoms with E-state index < -0.39 is 5.97 Å². The molecule has 1 aliphatic rings. The van der Waals surface area contributed by atoms with E-state index in [1.807, 2.05) is 0 Å². The summed E-state index contributed by atoms with van der Waals surface area (Å²) in [5, 5.41) is 8.78. The Hall–Kier alpha value is -0.570. The van der Waals surface area contributed by atoms with Crippen LogP contribution in [0.25, 0.3) is 0 Å². The third kappa shape index (κ3) is 8.25. The highest BCUT2D eigenvalue weighted by molar-refractivity contribution is 5.67. The van der Waals surface area contributed by atoms with Gasteiger partial charge in [-0.15, -0.1) is 0 Å². The Morgan fingerprint density at radius 3 is 2.37 bits per heavy atom. The number of hydrogen-bond donors (Lipinski definition) is 1. The van der Waals surface area contributed by atoms with Crippen molar-refractivity contribution < 1.29 is 9.90 Å². The molecule has 3 nitrogen and oxygen atoms in total. The number of hydrogen-bond acceptors (Lipinski definition) is 2.